The van der Waals surface area contributed by atoms with Gasteiger partial charge in [0.25, 0.3) is 5.91 Å². The standard InChI is InChI=1S/C34H31FN2O6/c1-41-28-19-24(16-25(38)20-28)34(40)37-12-10-22-17-27-7-8-29(22)33(37)23-4-2-5-26(18-23)42-13-3-11-36-32(39)15-21-6-9-30(35)31(14-21)43-27/h2,4-9,14,16-20,33,38H,3,10-13,15H2,1H3,(H,36,39). The number of hydrogen-bond acceptors (Lipinski definition) is 6. The summed E-state index contributed by atoms with van der Waals surface area (Å²) in [5.41, 5.74) is 3.64. The number of ether oxygens (including phenoxy) is 3. The number of amides is 2. The zero-order valence-electron chi connectivity index (χ0n) is 23.6. The third-order valence-electron chi connectivity index (χ3n) is 7.65. The molecule has 2 N–H and O–H groups in total. The van der Waals surface area contributed by atoms with Crippen molar-refractivity contribution in [3.05, 3.63) is 112 Å². The van der Waals surface area contributed by atoms with E-state index in [0.717, 1.165) is 16.7 Å². The van der Waals surface area contributed by atoms with Crippen LogP contribution in [0.3, 0.4) is 0 Å². The topological polar surface area (TPSA) is 97.3 Å². The van der Waals surface area contributed by atoms with E-state index in [2.05, 4.69) is 5.32 Å². The third-order valence-corrected chi connectivity index (χ3v) is 7.65. The van der Waals surface area contributed by atoms with Gasteiger partial charge in [0.15, 0.2) is 11.6 Å². The number of aromatic hydroxyl groups is 1. The molecule has 4 aromatic carbocycles. The molecule has 0 saturated carbocycles. The van der Waals surface area contributed by atoms with E-state index in [9.17, 15) is 19.1 Å². The first-order chi connectivity index (χ1) is 20.9. The first-order valence-corrected chi connectivity index (χ1v) is 14.2. The molecule has 0 aromatic heterocycles. The van der Waals surface area contributed by atoms with Gasteiger partial charge in [-0.25, -0.2) is 4.39 Å². The predicted molar refractivity (Wildman–Crippen MR) is 157 cm³/mol. The highest BCUT2D eigenvalue weighted by molar-refractivity contribution is 5.96. The van der Waals surface area contributed by atoms with E-state index in [0.29, 0.717) is 60.9 Å². The summed E-state index contributed by atoms with van der Waals surface area (Å²) in [6.07, 6.45) is 1.22. The Morgan fingerprint density at radius 1 is 1.05 bits per heavy atom. The molecule has 0 spiro atoms. The van der Waals surface area contributed by atoms with Crippen LogP contribution >= 0.6 is 0 Å². The molecule has 7 rings (SSSR count). The number of hydrogen-bond donors (Lipinski definition) is 2. The minimum Gasteiger partial charge on any atom is -0.508 e. The zero-order valence-corrected chi connectivity index (χ0v) is 23.6. The molecule has 3 heterocycles. The van der Waals surface area contributed by atoms with Crippen LogP contribution in [0, 0.1) is 5.82 Å². The molecule has 9 heteroatoms. The van der Waals surface area contributed by atoms with Crippen molar-refractivity contribution in [3.8, 4) is 28.7 Å². The molecule has 8 nitrogen and oxygen atoms in total. The maximum absolute atomic E-state index is 14.7. The zero-order chi connectivity index (χ0) is 29.9. The monoisotopic (exact) mass is 582 g/mol. The van der Waals surface area contributed by atoms with E-state index < -0.39 is 11.9 Å². The lowest BCUT2D eigenvalue weighted by Crippen LogP contribution is -2.40. The summed E-state index contributed by atoms with van der Waals surface area (Å²) in [4.78, 5) is 28.2. The molecule has 4 aromatic rings. The number of benzene rings is 4. The maximum Gasteiger partial charge on any atom is 0.254 e. The van der Waals surface area contributed by atoms with Crippen molar-refractivity contribution in [2.45, 2.75) is 25.3 Å². The molecule has 3 aliphatic rings. The quantitative estimate of drug-likeness (QED) is 0.321. The fourth-order valence-corrected chi connectivity index (χ4v) is 5.61. The van der Waals surface area contributed by atoms with Crippen LogP contribution in [0.5, 0.6) is 28.7 Å². The van der Waals surface area contributed by atoms with Crippen molar-refractivity contribution in [2.24, 2.45) is 0 Å². The van der Waals surface area contributed by atoms with Gasteiger partial charge in [-0.05, 0) is 83.6 Å². The van der Waals surface area contributed by atoms with Gasteiger partial charge in [-0.3, -0.25) is 9.59 Å². The molecular weight excluding hydrogens is 551 g/mol. The highest BCUT2D eigenvalue weighted by Crippen LogP contribution is 2.40. The fourth-order valence-electron chi connectivity index (χ4n) is 5.61. The highest BCUT2D eigenvalue weighted by atomic mass is 19.1. The van der Waals surface area contributed by atoms with E-state index in [4.69, 9.17) is 14.2 Å². The second-order valence-corrected chi connectivity index (χ2v) is 10.6. The number of carbonyl (C=O) groups is 2. The van der Waals surface area contributed by atoms with Crippen LogP contribution in [0.25, 0.3) is 0 Å². The molecular formula is C34H31FN2O6. The normalized spacial score (nSPS) is 16.6. The number of phenolic OH excluding ortho intramolecular Hbond substituents is 1. The van der Waals surface area contributed by atoms with Crippen LogP contribution in [-0.2, 0) is 17.6 Å². The second-order valence-electron chi connectivity index (χ2n) is 10.6. The van der Waals surface area contributed by atoms with Gasteiger partial charge in [0.1, 0.15) is 23.0 Å². The summed E-state index contributed by atoms with van der Waals surface area (Å²) in [5, 5.41) is 13.1. The van der Waals surface area contributed by atoms with E-state index in [-0.39, 0.29) is 29.7 Å². The lowest BCUT2D eigenvalue weighted by Gasteiger charge is -2.38. The van der Waals surface area contributed by atoms with Gasteiger partial charge < -0.3 is 29.5 Å². The van der Waals surface area contributed by atoms with E-state index in [1.165, 1.54) is 25.3 Å². The summed E-state index contributed by atoms with van der Waals surface area (Å²) in [5.74, 6) is 0.481. The molecule has 8 bridgehead atoms. The SMILES string of the molecule is COc1cc(O)cc(C(=O)N2CCc3cc4ccc3C2c2cccc(c2)OCCCNC(=O)Cc2ccc(F)c(c2)O4)c1. The molecule has 1 unspecified atom stereocenters. The number of nitrogens with one attached hydrogen (secondary N) is 1. The fraction of sp³-hybridized carbons (Fsp3) is 0.235. The summed E-state index contributed by atoms with van der Waals surface area (Å²) in [6.45, 7) is 1.20. The van der Waals surface area contributed by atoms with E-state index in [1.807, 2.05) is 36.4 Å². The van der Waals surface area contributed by atoms with E-state index in [1.54, 1.807) is 29.2 Å². The average molecular weight is 583 g/mol. The molecule has 0 fully saturated rings. The molecule has 43 heavy (non-hydrogen) atoms. The number of phenols is 1. The Balaban J connectivity index is 1.42. The second kappa shape index (κ2) is 12.1. The molecule has 0 radical (unpaired) electrons. The smallest absolute Gasteiger partial charge is 0.254 e. The largest absolute Gasteiger partial charge is 0.508 e. The van der Waals surface area contributed by atoms with Crippen molar-refractivity contribution in [1.29, 1.82) is 0 Å². The third kappa shape index (κ3) is 6.11. The maximum atomic E-state index is 14.7. The lowest BCUT2D eigenvalue weighted by molar-refractivity contribution is -0.120. The molecule has 0 saturated heterocycles. The van der Waals surface area contributed by atoms with Crippen LogP contribution in [0.4, 0.5) is 4.39 Å². The lowest BCUT2D eigenvalue weighted by atomic mass is 9.87. The van der Waals surface area contributed by atoms with Crippen LogP contribution in [-0.4, -0.2) is 48.6 Å². The van der Waals surface area contributed by atoms with Crippen molar-refractivity contribution >= 4 is 11.8 Å². The van der Waals surface area contributed by atoms with Crippen LogP contribution in [0.2, 0.25) is 0 Å². The Morgan fingerprint density at radius 3 is 2.79 bits per heavy atom. The molecule has 220 valence electrons. The van der Waals surface area contributed by atoms with Gasteiger partial charge >= 0.3 is 0 Å². The summed E-state index contributed by atoms with van der Waals surface area (Å²) in [6, 6.07) is 21.6. The van der Waals surface area contributed by atoms with Crippen molar-refractivity contribution in [1.82, 2.24) is 10.2 Å². The minimum atomic E-state index is -0.530. The van der Waals surface area contributed by atoms with Gasteiger partial charge in [-0.2, -0.15) is 0 Å². The Kier molecular flexibility index (Phi) is 7.87. The molecule has 0 aliphatic carbocycles. The number of methoxy groups -OCH3 is 1. The van der Waals surface area contributed by atoms with Gasteiger partial charge in [0.2, 0.25) is 5.91 Å². The summed E-state index contributed by atoms with van der Waals surface area (Å²) in [7, 11) is 1.48. The number of carbonyl (C=O) groups excluding carboxylic acids is 2. The first kappa shape index (κ1) is 28.1. The molecule has 3 aliphatic heterocycles. The highest BCUT2D eigenvalue weighted by Gasteiger charge is 2.33. The first-order valence-electron chi connectivity index (χ1n) is 14.2. The summed E-state index contributed by atoms with van der Waals surface area (Å²) < 4.78 is 32.0. The van der Waals surface area contributed by atoms with Gasteiger partial charge in [-0.1, -0.05) is 24.3 Å². The Labute approximate surface area is 248 Å². The number of rotatable bonds is 2. The van der Waals surface area contributed by atoms with E-state index >= 15 is 0 Å². The van der Waals surface area contributed by atoms with Crippen LogP contribution < -0.4 is 19.5 Å². The number of nitrogens with zero attached hydrogens (tertiary/aromatic N) is 1. The van der Waals surface area contributed by atoms with Crippen molar-refractivity contribution < 1.29 is 33.3 Å². The Hall–Kier alpha value is -5.05. The minimum absolute atomic E-state index is 0.0336. The number of fused-ring (bicyclic) bond motifs is 7. The molecule has 1 atom stereocenters. The van der Waals surface area contributed by atoms with Crippen molar-refractivity contribution in [2.75, 3.05) is 26.8 Å². The average Bonchev–Trinajstić information content (AvgIpc) is 3.01. The van der Waals surface area contributed by atoms with Crippen molar-refractivity contribution in [3.63, 3.8) is 0 Å². The van der Waals surface area contributed by atoms with Crippen LogP contribution in [0.15, 0.2) is 78.9 Å². The Morgan fingerprint density at radius 2 is 1.93 bits per heavy atom. The van der Waals surface area contributed by atoms with Crippen LogP contribution in [0.1, 0.15) is 45.1 Å². The molecule has 2 amide bonds. The van der Waals surface area contributed by atoms with Gasteiger partial charge in [0, 0.05) is 24.7 Å². The summed E-state index contributed by atoms with van der Waals surface area (Å²) >= 11 is 0. The Bertz CT molecular complexity index is 1690. The predicted octanol–water partition coefficient (Wildman–Crippen LogP) is 5.56. The number of halogens is 1. The van der Waals surface area contributed by atoms with Gasteiger partial charge in [0.05, 0.1) is 26.2 Å². The van der Waals surface area contributed by atoms with Gasteiger partial charge in [-0.15, -0.1) is 0 Å².